The van der Waals surface area contributed by atoms with Gasteiger partial charge in [0.2, 0.25) is 5.91 Å². The molecule has 5 nitrogen and oxygen atoms in total. The minimum absolute atomic E-state index is 0.102. The Kier molecular flexibility index (Phi) is 6.09. The number of aromatic nitrogens is 1. The molecule has 2 rings (SSSR count). The van der Waals surface area contributed by atoms with Gasteiger partial charge in [0, 0.05) is 23.6 Å². The first-order valence-corrected chi connectivity index (χ1v) is 8.68. The highest BCUT2D eigenvalue weighted by atomic mass is 32.1. The highest BCUT2D eigenvalue weighted by Gasteiger charge is 2.07. The SMILES string of the molecule is COC(=O)CCc1csc(CCc2csc(NC(C)=O)n2)c1. The number of nitrogens with zero attached hydrogens (tertiary/aromatic N) is 1. The molecule has 7 heteroatoms. The minimum Gasteiger partial charge on any atom is -0.469 e. The fourth-order valence-electron chi connectivity index (χ4n) is 1.92. The van der Waals surface area contributed by atoms with Gasteiger partial charge in [-0.3, -0.25) is 9.59 Å². The van der Waals surface area contributed by atoms with Crippen LogP contribution in [0.2, 0.25) is 0 Å². The molecule has 1 amide bonds. The maximum absolute atomic E-state index is 11.1. The van der Waals surface area contributed by atoms with Gasteiger partial charge in [-0.15, -0.1) is 22.7 Å². The van der Waals surface area contributed by atoms with Crippen molar-refractivity contribution in [1.82, 2.24) is 4.98 Å². The molecule has 2 aromatic heterocycles. The van der Waals surface area contributed by atoms with Crippen LogP contribution in [-0.2, 0) is 33.6 Å². The lowest BCUT2D eigenvalue weighted by atomic mass is 10.1. The van der Waals surface area contributed by atoms with Crippen molar-refractivity contribution in [3.8, 4) is 0 Å². The average Bonchev–Trinajstić information content (AvgIpc) is 3.11. The van der Waals surface area contributed by atoms with Crippen LogP contribution in [-0.4, -0.2) is 24.0 Å². The number of hydrogen-bond donors (Lipinski definition) is 1. The number of carbonyl (C=O) groups is 2. The highest BCUT2D eigenvalue weighted by Crippen LogP contribution is 2.20. The number of thiophene rings is 1. The van der Waals surface area contributed by atoms with E-state index in [0.29, 0.717) is 18.0 Å². The van der Waals surface area contributed by atoms with E-state index in [1.165, 1.54) is 35.8 Å². The molecule has 0 aliphatic heterocycles. The Balaban J connectivity index is 1.81. The monoisotopic (exact) mass is 338 g/mol. The third-order valence-electron chi connectivity index (χ3n) is 3.02. The maximum Gasteiger partial charge on any atom is 0.305 e. The van der Waals surface area contributed by atoms with E-state index in [0.717, 1.165) is 18.5 Å². The van der Waals surface area contributed by atoms with Crippen LogP contribution in [0.5, 0.6) is 0 Å². The molecule has 0 saturated carbocycles. The second-order valence-corrected chi connectivity index (χ2v) is 6.68. The summed E-state index contributed by atoms with van der Waals surface area (Å²) in [6.45, 7) is 1.47. The summed E-state index contributed by atoms with van der Waals surface area (Å²) in [4.78, 5) is 27.7. The van der Waals surface area contributed by atoms with Crippen LogP contribution < -0.4 is 5.32 Å². The number of methoxy groups -OCH3 is 1. The van der Waals surface area contributed by atoms with Crippen molar-refractivity contribution in [3.05, 3.63) is 33.0 Å². The number of amides is 1. The van der Waals surface area contributed by atoms with Gasteiger partial charge in [-0.25, -0.2) is 4.98 Å². The minimum atomic E-state index is -0.180. The van der Waals surface area contributed by atoms with Gasteiger partial charge in [0.25, 0.3) is 0 Å². The smallest absolute Gasteiger partial charge is 0.305 e. The summed E-state index contributed by atoms with van der Waals surface area (Å²) in [5, 5.41) is 7.39. The molecule has 0 saturated heterocycles. The number of ether oxygens (including phenoxy) is 1. The number of thiazole rings is 1. The second kappa shape index (κ2) is 8.05. The summed E-state index contributed by atoms with van der Waals surface area (Å²) in [6.07, 6.45) is 2.88. The molecular weight excluding hydrogens is 320 g/mol. The Bertz CT molecular complexity index is 649. The molecule has 2 heterocycles. The lowest BCUT2D eigenvalue weighted by Gasteiger charge is -1.97. The third kappa shape index (κ3) is 5.23. The first-order chi connectivity index (χ1) is 10.6. The number of rotatable bonds is 7. The Morgan fingerprint density at radius 3 is 2.77 bits per heavy atom. The predicted octanol–water partition coefficient (Wildman–Crippen LogP) is 3.05. The number of esters is 1. The van der Waals surface area contributed by atoms with Gasteiger partial charge >= 0.3 is 5.97 Å². The van der Waals surface area contributed by atoms with Gasteiger partial charge < -0.3 is 10.1 Å². The molecule has 2 aromatic rings. The number of aryl methyl sites for hydroxylation is 3. The molecule has 0 atom stereocenters. The van der Waals surface area contributed by atoms with Gasteiger partial charge in [0.1, 0.15) is 0 Å². The van der Waals surface area contributed by atoms with Crippen LogP contribution >= 0.6 is 22.7 Å². The fraction of sp³-hybridized carbons (Fsp3) is 0.400. The number of carbonyl (C=O) groups excluding carboxylic acids is 2. The molecule has 0 bridgehead atoms. The van der Waals surface area contributed by atoms with Crippen molar-refractivity contribution in [2.75, 3.05) is 12.4 Å². The number of nitrogens with one attached hydrogen (secondary N) is 1. The Morgan fingerprint density at radius 1 is 1.23 bits per heavy atom. The Hall–Kier alpha value is -1.73. The van der Waals surface area contributed by atoms with Crippen LogP contribution in [0, 0.1) is 0 Å². The molecule has 0 unspecified atom stereocenters. The number of anilines is 1. The van der Waals surface area contributed by atoms with E-state index in [-0.39, 0.29) is 11.9 Å². The topological polar surface area (TPSA) is 68.3 Å². The highest BCUT2D eigenvalue weighted by molar-refractivity contribution is 7.14. The molecule has 0 radical (unpaired) electrons. The van der Waals surface area contributed by atoms with Crippen molar-refractivity contribution in [2.45, 2.75) is 32.6 Å². The zero-order valence-corrected chi connectivity index (χ0v) is 14.2. The standard InChI is InChI=1S/C15H18N2O3S2/c1-10(18)16-15-17-12(9-22-15)4-5-13-7-11(8-21-13)3-6-14(19)20-2/h7-9H,3-6H2,1-2H3,(H,16,17,18). The van der Waals surface area contributed by atoms with Crippen LogP contribution in [0.15, 0.2) is 16.8 Å². The summed E-state index contributed by atoms with van der Waals surface area (Å²) in [5.41, 5.74) is 2.15. The van der Waals surface area contributed by atoms with Gasteiger partial charge in [0.15, 0.2) is 5.13 Å². The van der Waals surface area contributed by atoms with Crippen molar-refractivity contribution in [1.29, 1.82) is 0 Å². The van der Waals surface area contributed by atoms with Crippen LogP contribution in [0.3, 0.4) is 0 Å². The van der Waals surface area contributed by atoms with E-state index in [2.05, 4.69) is 26.5 Å². The molecule has 0 aromatic carbocycles. The summed E-state index contributed by atoms with van der Waals surface area (Å²) in [5.74, 6) is -0.282. The zero-order chi connectivity index (χ0) is 15.9. The molecule has 118 valence electrons. The van der Waals surface area contributed by atoms with Gasteiger partial charge in [-0.2, -0.15) is 0 Å². The zero-order valence-electron chi connectivity index (χ0n) is 12.5. The van der Waals surface area contributed by atoms with Crippen molar-refractivity contribution in [2.24, 2.45) is 0 Å². The molecule has 0 spiro atoms. The Labute approximate surface area is 137 Å². The lowest BCUT2D eigenvalue weighted by molar-refractivity contribution is -0.140. The second-order valence-electron chi connectivity index (χ2n) is 4.82. The van der Waals surface area contributed by atoms with E-state index in [9.17, 15) is 9.59 Å². The molecule has 22 heavy (non-hydrogen) atoms. The van der Waals surface area contributed by atoms with E-state index < -0.39 is 0 Å². The van der Waals surface area contributed by atoms with E-state index in [1.807, 2.05) is 5.38 Å². The van der Waals surface area contributed by atoms with Crippen molar-refractivity contribution < 1.29 is 14.3 Å². The number of hydrogen-bond acceptors (Lipinski definition) is 6. The third-order valence-corrected chi connectivity index (χ3v) is 4.87. The Morgan fingerprint density at radius 2 is 2.05 bits per heavy atom. The van der Waals surface area contributed by atoms with E-state index in [1.54, 1.807) is 11.3 Å². The molecular formula is C15H18N2O3S2. The molecule has 0 fully saturated rings. The first kappa shape index (κ1) is 16.6. The lowest BCUT2D eigenvalue weighted by Crippen LogP contribution is -2.05. The van der Waals surface area contributed by atoms with E-state index in [4.69, 9.17) is 0 Å². The molecule has 0 aliphatic rings. The normalized spacial score (nSPS) is 10.5. The summed E-state index contributed by atoms with van der Waals surface area (Å²) < 4.78 is 4.64. The van der Waals surface area contributed by atoms with Crippen molar-refractivity contribution in [3.63, 3.8) is 0 Å². The van der Waals surface area contributed by atoms with Crippen LogP contribution in [0.1, 0.15) is 29.5 Å². The predicted molar refractivity (Wildman–Crippen MR) is 88.5 cm³/mol. The van der Waals surface area contributed by atoms with Gasteiger partial charge in [-0.05, 0) is 36.3 Å². The molecule has 1 N–H and O–H groups in total. The summed E-state index contributed by atoms with van der Waals surface area (Å²) >= 11 is 3.14. The fourth-order valence-corrected chi connectivity index (χ4v) is 3.64. The van der Waals surface area contributed by atoms with Crippen LogP contribution in [0.4, 0.5) is 5.13 Å². The molecule has 0 aliphatic carbocycles. The van der Waals surface area contributed by atoms with Crippen LogP contribution in [0.25, 0.3) is 0 Å². The first-order valence-electron chi connectivity index (χ1n) is 6.92. The van der Waals surface area contributed by atoms with Gasteiger partial charge in [-0.1, -0.05) is 0 Å². The van der Waals surface area contributed by atoms with Crippen molar-refractivity contribution >= 4 is 39.7 Å². The van der Waals surface area contributed by atoms with Gasteiger partial charge in [0.05, 0.1) is 12.8 Å². The van der Waals surface area contributed by atoms with E-state index >= 15 is 0 Å². The average molecular weight is 338 g/mol. The maximum atomic E-state index is 11.1. The quantitative estimate of drug-likeness (QED) is 0.788. The summed E-state index contributed by atoms with van der Waals surface area (Å²) in [6, 6.07) is 2.13. The largest absolute Gasteiger partial charge is 0.469 e. The summed E-state index contributed by atoms with van der Waals surface area (Å²) in [7, 11) is 1.41.